The van der Waals surface area contributed by atoms with Gasteiger partial charge in [-0.1, -0.05) is 56.5 Å². The minimum absolute atomic E-state index is 0.211. The second-order valence-corrected chi connectivity index (χ2v) is 6.00. The number of rotatable bonds is 5. The van der Waals surface area contributed by atoms with E-state index in [1.54, 1.807) is 0 Å². The number of hydrogen-bond acceptors (Lipinski definition) is 2. The molecular formula is C17H28N2. The van der Waals surface area contributed by atoms with Crippen LogP contribution in [0.5, 0.6) is 0 Å². The van der Waals surface area contributed by atoms with Crippen molar-refractivity contribution in [1.29, 1.82) is 0 Å². The molecule has 2 heteroatoms. The molecule has 0 bridgehead atoms. The molecule has 0 heterocycles. The van der Waals surface area contributed by atoms with E-state index in [2.05, 4.69) is 49.2 Å². The van der Waals surface area contributed by atoms with Crippen molar-refractivity contribution in [3.05, 3.63) is 35.9 Å². The van der Waals surface area contributed by atoms with Gasteiger partial charge in [0.15, 0.2) is 0 Å². The van der Waals surface area contributed by atoms with Crippen LogP contribution >= 0.6 is 0 Å². The van der Waals surface area contributed by atoms with E-state index in [0.29, 0.717) is 0 Å². The molecular weight excluding hydrogens is 232 g/mol. The zero-order valence-electron chi connectivity index (χ0n) is 12.4. The third-order valence-electron chi connectivity index (χ3n) is 5.04. The summed E-state index contributed by atoms with van der Waals surface area (Å²) in [4.78, 5) is 2.52. The average Bonchev–Trinajstić information content (AvgIpc) is 2.47. The van der Waals surface area contributed by atoms with Crippen molar-refractivity contribution in [3.8, 4) is 0 Å². The number of nitrogens with two attached hydrogens (primary N) is 1. The molecule has 2 unspecified atom stereocenters. The number of nitrogens with zero attached hydrogens (tertiary/aromatic N) is 1. The fraction of sp³-hybridized carbons (Fsp3) is 0.647. The van der Waals surface area contributed by atoms with Gasteiger partial charge in [-0.2, -0.15) is 0 Å². The van der Waals surface area contributed by atoms with Crippen LogP contribution in [0.15, 0.2) is 30.3 Å². The monoisotopic (exact) mass is 260 g/mol. The minimum Gasteiger partial charge on any atom is -0.329 e. The van der Waals surface area contributed by atoms with Gasteiger partial charge in [0.2, 0.25) is 0 Å². The molecule has 1 aromatic carbocycles. The van der Waals surface area contributed by atoms with Gasteiger partial charge in [-0.25, -0.2) is 0 Å². The standard InChI is InChI=1S/C17H28N2/c1-3-16-11-7-8-12-17(16,14-18)19(2)13-15-9-5-4-6-10-15/h4-6,9-10,16H,3,7-8,11-14,18H2,1-2H3. The molecule has 1 fully saturated rings. The molecule has 0 spiro atoms. The SMILES string of the molecule is CCC1CCCCC1(CN)N(C)Cc1ccccc1. The predicted octanol–water partition coefficient (Wildman–Crippen LogP) is 3.42. The summed E-state index contributed by atoms with van der Waals surface area (Å²) in [5, 5.41) is 0. The van der Waals surface area contributed by atoms with Crippen molar-refractivity contribution in [3.63, 3.8) is 0 Å². The largest absolute Gasteiger partial charge is 0.329 e. The lowest BCUT2D eigenvalue weighted by molar-refractivity contribution is 0.0177. The third-order valence-corrected chi connectivity index (χ3v) is 5.04. The molecule has 0 aliphatic heterocycles. The molecule has 1 saturated carbocycles. The van der Waals surface area contributed by atoms with E-state index in [4.69, 9.17) is 5.73 Å². The summed E-state index contributed by atoms with van der Waals surface area (Å²) in [5.41, 5.74) is 7.82. The highest BCUT2D eigenvalue weighted by atomic mass is 15.2. The maximum absolute atomic E-state index is 6.22. The fourth-order valence-electron chi connectivity index (χ4n) is 3.82. The molecule has 106 valence electrons. The normalized spacial score (nSPS) is 27.7. The molecule has 0 amide bonds. The van der Waals surface area contributed by atoms with Crippen LogP contribution in [0.25, 0.3) is 0 Å². The maximum Gasteiger partial charge on any atom is 0.0360 e. The van der Waals surface area contributed by atoms with Gasteiger partial charge in [0.05, 0.1) is 0 Å². The van der Waals surface area contributed by atoms with E-state index >= 15 is 0 Å². The lowest BCUT2D eigenvalue weighted by Crippen LogP contribution is -2.58. The van der Waals surface area contributed by atoms with Crippen molar-refractivity contribution in [2.75, 3.05) is 13.6 Å². The highest BCUT2D eigenvalue weighted by Crippen LogP contribution is 2.39. The van der Waals surface area contributed by atoms with E-state index in [1.165, 1.54) is 37.7 Å². The van der Waals surface area contributed by atoms with Gasteiger partial charge in [-0.3, -0.25) is 4.90 Å². The van der Waals surface area contributed by atoms with Gasteiger partial charge in [0.25, 0.3) is 0 Å². The van der Waals surface area contributed by atoms with E-state index in [1.807, 2.05) is 0 Å². The van der Waals surface area contributed by atoms with Crippen LogP contribution in [-0.4, -0.2) is 24.0 Å². The first-order valence-corrected chi connectivity index (χ1v) is 7.68. The van der Waals surface area contributed by atoms with Gasteiger partial charge < -0.3 is 5.73 Å². The second kappa shape index (κ2) is 6.53. The highest BCUT2D eigenvalue weighted by molar-refractivity contribution is 5.15. The first-order chi connectivity index (χ1) is 9.23. The topological polar surface area (TPSA) is 29.3 Å². The Morgan fingerprint density at radius 2 is 2.00 bits per heavy atom. The highest BCUT2D eigenvalue weighted by Gasteiger charge is 2.41. The smallest absolute Gasteiger partial charge is 0.0360 e. The van der Waals surface area contributed by atoms with E-state index in [9.17, 15) is 0 Å². The summed E-state index contributed by atoms with van der Waals surface area (Å²) in [5.74, 6) is 0.750. The fourth-order valence-corrected chi connectivity index (χ4v) is 3.82. The van der Waals surface area contributed by atoms with Gasteiger partial charge >= 0.3 is 0 Å². The Bertz CT molecular complexity index is 376. The molecule has 1 aromatic rings. The second-order valence-electron chi connectivity index (χ2n) is 6.00. The molecule has 0 saturated heterocycles. The predicted molar refractivity (Wildman–Crippen MR) is 81.9 cm³/mol. The van der Waals surface area contributed by atoms with E-state index < -0.39 is 0 Å². The van der Waals surface area contributed by atoms with Crippen molar-refractivity contribution >= 4 is 0 Å². The molecule has 2 N–H and O–H groups in total. The van der Waals surface area contributed by atoms with Crippen LogP contribution in [0.2, 0.25) is 0 Å². The molecule has 2 atom stereocenters. The van der Waals surface area contributed by atoms with Crippen LogP contribution in [0.1, 0.15) is 44.6 Å². The number of hydrogen-bond donors (Lipinski definition) is 1. The first kappa shape index (κ1) is 14.5. The minimum atomic E-state index is 0.211. The maximum atomic E-state index is 6.22. The summed E-state index contributed by atoms with van der Waals surface area (Å²) >= 11 is 0. The van der Waals surface area contributed by atoms with Gasteiger partial charge in [0.1, 0.15) is 0 Å². The van der Waals surface area contributed by atoms with Crippen LogP contribution in [-0.2, 0) is 6.54 Å². The Balaban J connectivity index is 2.15. The van der Waals surface area contributed by atoms with Crippen molar-refractivity contribution in [1.82, 2.24) is 4.90 Å². The van der Waals surface area contributed by atoms with Crippen LogP contribution in [0.4, 0.5) is 0 Å². The molecule has 2 rings (SSSR count). The van der Waals surface area contributed by atoms with Crippen molar-refractivity contribution < 1.29 is 0 Å². The summed E-state index contributed by atoms with van der Waals surface area (Å²) in [7, 11) is 2.26. The summed E-state index contributed by atoms with van der Waals surface area (Å²) in [6.07, 6.45) is 6.54. The Kier molecular flexibility index (Phi) is 5.00. The molecule has 0 radical (unpaired) electrons. The Labute approximate surface area is 118 Å². The van der Waals surface area contributed by atoms with E-state index in [0.717, 1.165) is 19.0 Å². The molecule has 2 nitrogen and oxygen atoms in total. The van der Waals surface area contributed by atoms with Crippen molar-refractivity contribution in [2.45, 2.75) is 51.1 Å². The van der Waals surface area contributed by atoms with Gasteiger partial charge in [0, 0.05) is 18.6 Å². The molecule has 1 aliphatic carbocycles. The zero-order chi connectivity index (χ0) is 13.7. The number of benzene rings is 1. The first-order valence-electron chi connectivity index (χ1n) is 7.68. The lowest BCUT2D eigenvalue weighted by Gasteiger charge is -2.49. The average molecular weight is 260 g/mol. The number of likely N-dealkylation sites (N-methyl/N-ethyl adjacent to an activating group) is 1. The molecule has 0 aromatic heterocycles. The Morgan fingerprint density at radius 3 is 2.63 bits per heavy atom. The Hall–Kier alpha value is -0.860. The quantitative estimate of drug-likeness (QED) is 0.879. The molecule has 1 aliphatic rings. The summed E-state index contributed by atoms with van der Waals surface area (Å²) in [6, 6.07) is 10.7. The molecule has 19 heavy (non-hydrogen) atoms. The summed E-state index contributed by atoms with van der Waals surface area (Å²) in [6.45, 7) is 4.11. The zero-order valence-corrected chi connectivity index (χ0v) is 12.4. The third kappa shape index (κ3) is 3.01. The van der Waals surface area contributed by atoms with Gasteiger partial charge in [-0.05, 0) is 31.4 Å². The summed E-state index contributed by atoms with van der Waals surface area (Å²) < 4.78 is 0. The van der Waals surface area contributed by atoms with Crippen LogP contribution < -0.4 is 5.73 Å². The van der Waals surface area contributed by atoms with Gasteiger partial charge in [-0.15, -0.1) is 0 Å². The Morgan fingerprint density at radius 1 is 1.26 bits per heavy atom. The lowest BCUT2D eigenvalue weighted by atomic mass is 9.70. The van der Waals surface area contributed by atoms with Crippen LogP contribution in [0, 0.1) is 5.92 Å². The van der Waals surface area contributed by atoms with E-state index in [-0.39, 0.29) is 5.54 Å². The van der Waals surface area contributed by atoms with Crippen LogP contribution in [0.3, 0.4) is 0 Å². The van der Waals surface area contributed by atoms with Crippen molar-refractivity contribution in [2.24, 2.45) is 11.7 Å².